The van der Waals surface area contributed by atoms with Gasteiger partial charge in [-0.25, -0.2) is 4.79 Å². The molecule has 37 heavy (non-hydrogen) atoms. The van der Waals surface area contributed by atoms with Crippen LogP contribution in [0.1, 0.15) is 22.8 Å². The number of carbonyl (C=O) groups excluding carboxylic acids is 1. The maximum atomic E-state index is 13.2. The molecular weight excluding hydrogens is 513 g/mol. The second-order valence-electron chi connectivity index (χ2n) is 8.47. The quantitative estimate of drug-likeness (QED) is 0.0976. The van der Waals surface area contributed by atoms with E-state index in [-0.39, 0.29) is 27.1 Å². The highest BCUT2D eigenvalue weighted by Crippen LogP contribution is 2.48. The Morgan fingerprint density at radius 2 is 1.46 bits per heavy atom. The van der Waals surface area contributed by atoms with Crippen LogP contribution in [0.4, 0.5) is 13.2 Å². The molecule has 184 valence electrons. The van der Waals surface area contributed by atoms with E-state index in [1.165, 1.54) is 44.4 Å². The van der Waals surface area contributed by atoms with E-state index in [2.05, 4.69) is 30.2 Å². The third-order valence-electron chi connectivity index (χ3n) is 6.02. The van der Waals surface area contributed by atoms with Crippen LogP contribution in [-0.4, -0.2) is 11.5 Å². The number of thioether (sulfide) groups is 1. The van der Waals surface area contributed by atoms with Crippen molar-refractivity contribution in [2.45, 2.75) is 22.9 Å². The lowest BCUT2D eigenvalue weighted by Crippen LogP contribution is -2.27. The van der Waals surface area contributed by atoms with Crippen LogP contribution in [0.15, 0.2) is 102 Å². The Hall–Kier alpha value is -3.73. The van der Waals surface area contributed by atoms with Crippen molar-refractivity contribution in [2.24, 2.45) is 0 Å². The van der Waals surface area contributed by atoms with Gasteiger partial charge >= 0.3 is 11.5 Å². The van der Waals surface area contributed by atoms with Gasteiger partial charge in [0.25, 0.3) is 0 Å². The predicted octanol–water partition coefficient (Wildman–Crippen LogP) is 9.05. The molecule has 5 rings (SSSR count). The number of fused-ring (bicyclic) bond motifs is 3. The van der Waals surface area contributed by atoms with Gasteiger partial charge in [0.05, 0.1) is 5.56 Å². The largest absolute Gasteiger partial charge is 0.446 e. The molecule has 1 atom stereocenters. The van der Waals surface area contributed by atoms with Gasteiger partial charge in [0.2, 0.25) is 0 Å². The SMILES string of the molecule is C#CC(C)(OC(=O)c1cccc(-[s+]2c3ccccc3c3ccccc32)c1)c1ccc(SC(F)(F)F)cc1. The molecule has 0 aliphatic carbocycles. The molecule has 0 amide bonds. The van der Waals surface area contributed by atoms with E-state index in [4.69, 9.17) is 11.2 Å². The van der Waals surface area contributed by atoms with Crippen molar-refractivity contribution in [1.82, 2.24) is 0 Å². The van der Waals surface area contributed by atoms with Crippen molar-refractivity contribution in [3.05, 3.63) is 108 Å². The Labute approximate surface area is 219 Å². The third kappa shape index (κ3) is 4.95. The summed E-state index contributed by atoms with van der Waals surface area (Å²) in [5, 5.41) is 2.36. The third-order valence-corrected chi connectivity index (χ3v) is 9.08. The normalized spacial score (nSPS) is 13.3. The van der Waals surface area contributed by atoms with E-state index in [1.54, 1.807) is 13.0 Å². The molecule has 1 unspecified atom stereocenters. The zero-order chi connectivity index (χ0) is 26.2. The summed E-state index contributed by atoms with van der Waals surface area (Å²) in [7, 11) is -0.382. The van der Waals surface area contributed by atoms with Gasteiger partial charge in [-0.15, -0.1) is 6.42 Å². The van der Waals surface area contributed by atoms with Crippen molar-refractivity contribution < 1.29 is 22.7 Å². The minimum atomic E-state index is -4.39. The van der Waals surface area contributed by atoms with E-state index in [1.807, 2.05) is 42.5 Å². The van der Waals surface area contributed by atoms with E-state index in [9.17, 15) is 18.0 Å². The summed E-state index contributed by atoms with van der Waals surface area (Å²) in [5.41, 5.74) is -5.09. The molecule has 7 heteroatoms. The number of esters is 1. The van der Waals surface area contributed by atoms with Crippen LogP contribution in [0.5, 0.6) is 0 Å². The molecule has 0 bridgehead atoms. The molecule has 0 radical (unpaired) electrons. The average Bonchev–Trinajstić information content (AvgIpc) is 3.22. The molecule has 0 spiro atoms. The van der Waals surface area contributed by atoms with Crippen molar-refractivity contribution in [3.63, 3.8) is 0 Å². The number of terminal acetylenes is 1. The number of rotatable bonds is 5. The minimum Gasteiger partial charge on any atom is -0.438 e. The first-order valence-corrected chi connectivity index (χ1v) is 13.3. The highest BCUT2D eigenvalue weighted by Gasteiger charge is 2.32. The molecule has 4 aromatic carbocycles. The summed E-state index contributed by atoms with van der Waals surface area (Å²) in [5.74, 6) is 1.88. The Morgan fingerprint density at radius 3 is 2.03 bits per heavy atom. The topological polar surface area (TPSA) is 26.3 Å². The van der Waals surface area contributed by atoms with Crippen LogP contribution in [0.25, 0.3) is 25.1 Å². The lowest BCUT2D eigenvalue weighted by molar-refractivity contribution is -0.0328. The summed E-state index contributed by atoms with van der Waals surface area (Å²) in [6.07, 6.45) is 5.73. The molecule has 0 fully saturated rings. The number of alkyl halides is 3. The van der Waals surface area contributed by atoms with Crippen molar-refractivity contribution in [3.8, 4) is 17.2 Å². The van der Waals surface area contributed by atoms with Gasteiger partial charge in [-0.05, 0) is 67.2 Å². The smallest absolute Gasteiger partial charge is 0.438 e. The van der Waals surface area contributed by atoms with Crippen LogP contribution in [-0.2, 0) is 10.3 Å². The number of hydrogen-bond acceptors (Lipinski definition) is 3. The van der Waals surface area contributed by atoms with Gasteiger partial charge in [-0.1, -0.05) is 48.4 Å². The fourth-order valence-electron chi connectivity index (χ4n) is 4.25. The Balaban J connectivity index is 1.47. The number of hydrogen-bond donors (Lipinski definition) is 0. The number of thiophene rings is 1. The highest BCUT2D eigenvalue weighted by molar-refractivity contribution is 8.00. The molecule has 0 N–H and O–H groups in total. The van der Waals surface area contributed by atoms with E-state index in [0.29, 0.717) is 11.1 Å². The molecule has 5 aromatic rings. The van der Waals surface area contributed by atoms with Crippen molar-refractivity contribution in [1.29, 1.82) is 0 Å². The average molecular weight is 534 g/mol. The predicted molar refractivity (Wildman–Crippen MR) is 145 cm³/mol. The Morgan fingerprint density at radius 1 is 0.865 bits per heavy atom. The highest BCUT2D eigenvalue weighted by atomic mass is 32.2. The molecule has 0 aliphatic rings. The van der Waals surface area contributed by atoms with Crippen LogP contribution >= 0.6 is 22.2 Å². The van der Waals surface area contributed by atoms with Gasteiger partial charge in [0.1, 0.15) is 0 Å². The maximum absolute atomic E-state index is 13.2. The first-order valence-electron chi connectivity index (χ1n) is 11.3. The molecule has 0 saturated heterocycles. The summed E-state index contributed by atoms with van der Waals surface area (Å²) in [4.78, 5) is 14.2. The molecule has 0 aliphatic heterocycles. The minimum absolute atomic E-state index is 0.0211. The maximum Gasteiger partial charge on any atom is 0.446 e. The lowest BCUT2D eigenvalue weighted by atomic mass is 9.96. The number of ether oxygens (including phenoxy) is 1. The van der Waals surface area contributed by atoms with Gasteiger partial charge < -0.3 is 4.74 Å². The molecule has 1 aromatic heterocycles. The van der Waals surface area contributed by atoms with E-state index < -0.39 is 17.1 Å². The van der Waals surface area contributed by atoms with E-state index in [0.717, 1.165) is 4.90 Å². The first kappa shape index (κ1) is 24.9. The van der Waals surface area contributed by atoms with Gasteiger partial charge in [0, 0.05) is 37.8 Å². The lowest BCUT2D eigenvalue weighted by Gasteiger charge is -2.24. The van der Waals surface area contributed by atoms with Crippen LogP contribution < -0.4 is 0 Å². The summed E-state index contributed by atoms with van der Waals surface area (Å²) < 4.78 is 46.2. The fraction of sp³-hybridized carbons (Fsp3) is 0.100. The van der Waals surface area contributed by atoms with Crippen LogP contribution in [0.2, 0.25) is 0 Å². The van der Waals surface area contributed by atoms with Crippen molar-refractivity contribution in [2.75, 3.05) is 0 Å². The molecular formula is C30H20F3O2S2+. The summed E-state index contributed by atoms with van der Waals surface area (Å²) in [6, 6.07) is 29.3. The van der Waals surface area contributed by atoms with E-state index >= 15 is 0 Å². The molecule has 0 saturated carbocycles. The van der Waals surface area contributed by atoms with Gasteiger partial charge in [0.15, 0.2) is 19.9 Å². The van der Waals surface area contributed by atoms with Gasteiger partial charge in [-0.3, -0.25) is 0 Å². The monoisotopic (exact) mass is 533 g/mol. The zero-order valence-electron chi connectivity index (χ0n) is 19.6. The summed E-state index contributed by atoms with van der Waals surface area (Å²) in [6.45, 7) is 1.55. The molecule has 1 heterocycles. The van der Waals surface area contributed by atoms with Crippen molar-refractivity contribution >= 4 is 48.4 Å². The molecule has 2 nitrogen and oxygen atoms in total. The van der Waals surface area contributed by atoms with Gasteiger partial charge in [-0.2, -0.15) is 13.2 Å². The Kier molecular flexibility index (Phi) is 6.49. The number of carbonyl (C=O) groups is 1. The number of benzene rings is 4. The van der Waals surface area contributed by atoms with Crippen LogP contribution in [0.3, 0.4) is 0 Å². The first-order chi connectivity index (χ1) is 17.7. The second-order valence-corrected chi connectivity index (χ2v) is 11.6. The standard InChI is InChI=1S/C30H20F3O2S2/c1-3-29(2,21-15-17-22(18-16-21)36-30(31,32)33)35-28(34)20-9-8-10-23(19-20)37-26-13-6-4-11-24(26)25-12-5-7-14-27(25)37/h1,4-19H,2H3/q+1. The summed E-state index contributed by atoms with van der Waals surface area (Å²) >= 11 is -0.216. The fourth-order valence-corrected chi connectivity index (χ4v) is 7.22. The second kappa shape index (κ2) is 9.62. The van der Waals surface area contributed by atoms with Crippen LogP contribution in [0, 0.1) is 12.3 Å². The Bertz CT molecular complexity index is 1610. The zero-order valence-corrected chi connectivity index (χ0v) is 21.2. The number of halogens is 3.